The van der Waals surface area contributed by atoms with Crippen molar-refractivity contribution in [2.24, 2.45) is 9.98 Å². The third kappa shape index (κ3) is 4.79. The Morgan fingerprint density at radius 2 is 1.92 bits per heavy atom. The number of amidine groups is 1. The minimum atomic E-state index is -1.69. The van der Waals surface area contributed by atoms with Crippen molar-refractivity contribution >= 4 is 29.3 Å². The van der Waals surface area contributed by atoms with Crippen molar-refractivity contribution in [3.8, 4) is 0 Å². The van der Waals surface area contributed by atoms with E-state index >= 15 is 0 Å². The van der Waals surface area contributed by atoms with Crippen LogP contribution < -0.4 is 10.6 Å². The maximum absolute atomic E-state index is 10.5. The number of hydrogen-bond donors (Lipinski definition) is 3. The number of aliphatic imine (C=N–C) groups is 1. The molecule has 2 aromatic rings. The SMILES string of the molecule is CN=C1CN(O)C(c2ccccc2)=c2cc(Cl)ccc2=N1.O=C(O)OO. The lowest BCUT2D eigenvalue weighted by Crippen LogP contribution is -2.31. The molecule has 2 aromatic carbocycles. The number of benzene rings is 2. The van der Waals surface area contributed by atoms with Crippen molar-refractivity contribution in [3.05, 3.63) is 69.7 Å². The van der Waals surface area contributed by atoms with E-state index < -0.39 is 6.16 Å². The second-order valence-corrected chi connectivity index (χ2v) is 5.48. The van der Waals surface area contributed by atoms with Crippen molar-refractivity contribution < 1.29 is 25.3 Å². The lowest BCUT2D eigenvalue weighted by atomic mass is 10.1. The fourth-order valence-corrected chi connectivity index (χ4v) is 2.52. The molecule has 0 saturated carbocycles. The van der Waals surface area contributed by atoms with E-state index in [0.29, 0.717) is 16.6 Å². The average molecular weight is 378 g/mol. The predicted molar refractivity (Wildman–Crippen MR) is 94.8 cm³/mol. The quantitative estimate of drug-likeness (QED) is 0.517. The highest BCUT2D eigenvalue weighted by Gasteiger charge is 2.17. The summed E-state index contributed by atoms with van der Waals surface area (Å²) in [5, 5.41) is 28.1. The zero-order chi connectivity index (χ0) is 19.1. The van der Waals surface area contributed by atoms with Gasteiger partial charge < -0.3 is 5.11 Å². The van der Waals surface area contributed by atoms with Gasteiger partial charge in [-0.2, -0.15) is 5.26 Å². The van der Waals surface area contributed by atoms with Gasteiger partial charge in [0.15, 0.2) is 0 Å². The zero-order valence-electron chi connectivity index (χ0n) is 13.7. The van der Waals surface area contributed by atoms with Gasteiger partial charge in [-0.15, -0.1) is 0 Å². The van der Waals surface area contributed by atoms with Crippen LogP contribution in [0.4, 0.5) is 4.79 Å². The largest absolute Gasteiger partial charge is 0.537 e. The van der Waals surface area contributed by atoms with E-state index in [0.717, 1.165) is 16.1 Å². The summed E-state index contributed by atoms with van der Waals surface area (Å²) in [6, 6.07) is 15.1. The lowest BCUT2D eigenvalue weighted by Gasteiger charge is -2.19. The number of halogens is 1. The number of carboxylic acid groups (broad SMARTS) is 1. The first-order valence-corrected chi connectivity index (χ1v) is 7.74. The number of nitrogens with zero attached hydrogens (tertiary/aromatic N) is 3. The predicted octanol–water partition coefficient (Wildman–Crippen LogP) is 2.00. The summed E-state index contributed by atoms with van der Waals surface area (Å²) in [5.74, 6) is 0.562. The molecule has 3 rings (SSSR count). The van der Waals surface area contributed by atoms with Gasteiger partial charge in [0, 0.05) is 22.9 Å². The smallest absolute Gasteiger partial charge is 0.448 e. The summed E-state index contributed by atoms with van der Waals surface area (Å²) < 4.78 is 0. The molecule has 136 valence electrons. The Bertz CT molecular complexity index is 931. The van der Waals surface area contributed by atoms with Gasteiger partial charge in [0.25, 0.3) is 0 Å². The van der Waals surface area contributed by atoms with Crippen molar-refractivity contribution in [2.45, 2.75) is 0 Å². The molecule has 0 aliphatic carbocycles. The van der Waals surface area contributed by atoms with Gasteiger partial charge in [0.2, 0.25) is 0 Å². The van der Waals surface area contributed by atoms with Crippen molar-refractivity contribution in [2.75, 3.05) is 13.6 Å². The zero-order valence-corrected chi connectivity index (χ0v) is 14.5. The number of hydrogen-bond acceptors (Lipinski definition) is 6. The Morgan fingerprint density at radius 3 is 2.50 bits per heavy atom. The summed E-state index contributed by atoms with van der Waals surface area (Å²) in [6.45, 7) is 0.229. The number of rotatable bonds is 1. The molecule has 3 N–H and O–H groups in total. The molecular formula is C17H16ClN3O5. The van der Waals surface area contributed by atoms with Crippen LogP contribution in [0.2, 0.25) is 5.02 Å². The molecule has 1 heterocycles. The maximum atomic E-state index is 10.5. The van der Waals surface area contributed by atoms with Crippen LogP contribution in [0.15, 0.2) is 58.5 Å². The highest BCUT2D eigenvalue weighted by molar-refractivity contribution is 6.30. The van der Waals surface area contributed by atoms with Gasteiger partial charge in [-0.1, -0.05) is 41.9 Å². The molecule has 0 amide bonds. The highest BCUT2D eigenvalue weighted by Crippen LogP contribution is 2.15. The van der Waals surface area contributed by atoms with E-state index in [2.05, 4.69) is 14.9 Å². The molecule has 0 spiro atoms. The minimum absolute atomic E-state index is 0.229. The Labute approximate surface area is 153 Å². The molecule has 9 heteroatoms. The molecule has 0 radical (unpaired) electrons. The molecule has 8 nitrogen and oxygen atoms in total. The van der Waals surface area contributed by atoms with E-state index in [9.17, 15) is 5.21 Å². The van der Waals surface area contributed by atoms with Crippen LogP contribution in [-0.4, -0.2) is 46.2 Å². The third-order valence-electron chi connectivity index (χ3n) is 3.40. The molecule has 0 aromatic heterocycles. The van der Waals surface area contributed by atoms with Crippen molar-refractivity contribution in [3.63, 3.8) is 0 Å². The molecule has 0 unspecified atom stereocenters. The second-order valence-electron chi connectivity index (χ2n) is 5.04. The van der Waals surface area contributed by atoms with E-state index in [-0.39, 0.29) is 6.54 Å². The van der Waals surface area contributed by atoms with Crippen LogP contribution >= 0.6 is 11.6 Å². The normalized spacial score (nSPS) is 14.5. The summed E-state index contributed by atoms with van der Waals surface area (Å²) in [6.07, 6.45) is -1.69. The molecule has 0 fully saturated rings. The Balaban J connectivity index is 0.000000431. The molecule has 26 heavy (non-hydrogen) atoms. The lowest BCUT2D eigenvalue weighted by molar-refractivity contribution is -0.194. The average Bonchev–Trinajstić information content (AvgIpc) is 2.78. The molecule has 1 aliphatic heterocycles. The standard InChI is InChI=1S/C16H14ClN3O.CH2O4/c1-18-15-10-20(21)16(11-5-3-2-4-6-11)13-9-12(17)7-8-14(13)19-15;2-1(3)5-4/h2-9,21H,10H2,1H3;4H,(H,2,3). The van der Waals surface area contributed by atoms with E-state index in [1.54, 1.807) is 13.1 Å². The third-order valence-corrected chi connectivity index (χ3v) is 3.63. The first-order chi connectivity index (χ1) is 12.5. The second kappa shape index (κ2) is 8.95. The van der Waals surface area contributed by atoms with Gasteiger partial charge in [-0.25, -0.2) is 14.9 Å². The number of fused-ring (bicyclic) bond motifs is 1. The fourth-order valence-electron chi connectivity index (χ4n) is 2.34. The highest BCUT2D eigenvalue weighted by atomic mass is 35.5. The maximum Gasteiger partial charge on any atom is 0.537 e. The van der Waals surface area contributed by atoms with Gasteiger partial charge in [-0.05, 0) is 18.2 Å². The van der Waals surface area contributed by atoms with Crippen LogP contribution in [0.1, 0.15) is 5.56 Å². The first kappa shape index (κ1) is 19.4. The summed E-state index contributed by atoms with van der Waals surface area (Å²) in [5.41, 5.74) is 1.58. The van der Waals surface area contributed by atoms with Crippen LogP contribution in [0, 0.1) is 0 Å². The summed E-state index contributed by atoms with van der Waals surface area (Å²) in [7, 11) is 1.66. The van der Waals surface area contributed by atoms with Crippen LogP contribution in [0.5, 0.6) is 0 Å². The Hall–Kier alpha value is -2.94. The molecular weight excluding hydrogens is 362 g/mol. The molecule has 0 atom stereocenters. The Morgan fingerprint density at radius 1 is 1.27 bits per heavy atom. The number of carbonyl (C=O) groups is 1. The monoisotopic (exact) mass is 377 g/mol. The van der Waals surface area contributed by atoms with Crippen molar-refractivity contribution in [1.82, 2.24) is 5.06 Å². The van der Waals surface area contributed by atoms with Crippen LogP contribution in [-0.2, 0) is 4.89 Å². The topological polar surface area (TPSA) is 115 Å². The first-order valence-electron chi connectivity index (χ1n) is 7.36. The van der Waals surface area contributed by atoms with Gasteiger partial charge >= 0.3 is 6.16 Å². The van der Waals surface area contributed by atoms with Crippen LogP contribution in [0.3, 0.4) is 0 Å². The molecule has 0 bridgehead atoms. The van der Waals surface area contributed by atoms with E-state index in [1.165, 1.54) is 5.06 Å². The summed E-state index contributed by atoms with van der Waals surface area (Å²) in [4.78, 5) is 20.2. The van der Waals surface area contributed by atoms with Gasteiger partial charge in [0.1, 0.15) is 12.4 Å². The summed E-state index contributed by atoms with van der Waals surface area (Å²) >= 11 is 6.12. The van der Waals surface area contributed by atoms with Gasteiger partial charge in [0.05, 0.1) is 11.1 Å². The van der Waals surface area contributed by atoms with Gasteiger partial charge in [-0.3, -0.25) is 15.1 Å². The van der Waals surface area contributed by atoms with E-state index in [4.69, 9.17) is 26.8 Å². The Kier molecular flexibility index (Phi) is 6.67. The molecule has 1 aliphatic rings. The van der Waals surface area contributed by atoms with Crippen molar-refractivity contribution in [1.29, 1.82) is 0 Å². The number of hydroxylamine groups is 2. The van der Waals surface area contributed by atoms with Crippen LogP contribution in [0.25, 0.3) is 5.70 Å². The molecule has 0 saturated heterocycles. The minimum Gasteiger partial charge on any atom is -0.448 e. The fraction of sp³-hybridized carbons (Fsp3) is 0.118. The van der Waals surface area contributed by atoms with E-state index in [1.807, 2.05) is 42.5 Å².